The van der Waals surface area contributed by atoms with Gasteiger partial charge in [0, 0.05) is 23.7 Å². The van der Waals surface area contributed by atoms with Crippen molar-refractivity contribution in [2.24, 2.45) is 0 Å². The number of rotatable bonds is 4. The molecule has 25 heavy (non-hydrogen) atoms. The second-order valence-corrected chi connectivity index (χ2v) is 6.15. The second-order valence-electron chi connectivity index (χ2n) is 6.15. The molecule has 2 heterocycles. The molecule has 0 spiro atoms. The van der Waals surface area contributed by atoms with Crippen LogP contribution in [0.25, 0.3) is 11.0 Å². The van der Waals surface area contributed by atoms with Crippen molar-refractivity contribution in [3.63, 3.8) is 0 Å². The Hall–Kier alpha value is -2.38. The number of carbonyl (C=O) groups excluding carboxylic acids is 1. The molecule has 0 saturated carbocycles. The molecule has 1 aliphatic rings. The predicted molar refractivity (Wildman–Crippen MR) is 94.1 cm³/mol. The van der Waals surface area contributed by atoms with E-state index in [-0.39, 0.29) is 23.8 Å². The number of anilines is 1. The van der Waals surface area contributed by atoms with Crippen molar-refractivity contribution in [1.82, 2.24) is 5.32 Å². The quantitative estimate of drug-likeness (QED) is 0.830. The fraction of sp³-hybridized carbons (Fsp3) is 0.444. The van der Waals surface area contributed by atoms with E-state index in [0.717, 1.165) is 16.5 Å². The third-order valence-electron chi connectivity index (χ3n) is 4.27. The summed E-state index contributed by atoms with van der Waals surface area (Å²) in [4.78, 5) is 23.8. The number of ether oxygens (including phenoxy) is 2. The van der Waals surface area contributed by atoms with Crippen LogP contribution in [0, 0.1) is 13.8 Å². The predicted octanol–water partition coefficient (Wildman–Crippen LogP) is 2.34. The summed E-state index contributed by atoms with van der Waals surface area (Å²) in [5.74, 6) is 0. The first-order valence-corrected chi connectivity index (χ1v) is 8.30. The van der Waals surface area contributed by atoms with Gasteiger partial charge in [0.05, 0.1) is 19.3 Å². The molecule has 0 radical (unpaired) electrons. The Bertz CT molecular complexity index is 845. The largest absolute Gasteiger partial charge is 0.423 e. The Kier molecular flexibility index (Phi) is 5.06. The summed E-state index contributed by atoms with van der Waals surface area (Å²) >= 11 is 0. The molecular formula is C18H22N2O5. The molecule has 0 unspecified atom stereocenters. The normalized spacial score (nSPS) is 20.0. The van der Waals surface area contributed by atoms with Crippen LogP contribution in [-0.4, -0.2) is 38.0 Å². The molecule has 2 aromatic rings. The standard InChI is InChI=1S/C18H22N2O5/c1-4-24-16-9-23-8-14(16)20-18(22)19-13-7-12-10(2)6-17(21)25-15(12)5-11(13)3/h5-7,14,16H,4,8-9H2,1-3H3,(H2,19,20,22)/t14-,16-/m1/s1. The average Bonchev–Trinajstić information content (AvgIpc) is 2.96. The molecule has 3 rings (SSSR count). The lowest BCUT2D eigenvalue weighted by Crippen LogP contribution is -2.45. The van der Waals surface area contributed by atoms with Gasteiger partial charge in [0.1, 0.15) is 11.7 Å². The molecule has 7 nitrogen and oxygen atoms in total. The van der Waals surface area contributed by atoms with Gasteiger partial charge in [-0.15, -0.1) is 0 Å². The van der Waals surface area contributed by atoms with Crippen LogP contribution in [-0.2, 0) is 9.47 Å². The number of carbonyl (C=O) groups is 1. The molecule has 1 aromatic heterocycles. The maximum atomic E-state index is 12.3. The number of fused-ring (bicyclic) bond motifs is 1. The molecule has 1 fully saturated rings. The van der Waals surface area contributed by atoms with Crippen LogP contribution in [0.3, 0.4) is 0 Å². The smallest absolute Gasteiger partial charge is 0.336 e. The Morgan fingerprint density at radius 3 is 2.80 bits per heavy atom. The van der Waals surface area contributed by atoms with Crippen LogP contribution in [0.1, 0.15) is 18.1 Å². The summed E-state index contributed by atoms with van der Waals surface area (Å²) < 4.78 is 16.2. The lowest BCUT2D eigenvalue weighted by molar-refractivity contribution is 0.0428. The third-order valence-corrected chi connectivity index (χ3v) is 4.27. The van der Waals surface area contributed by atoms with E-state index >= 15 is 0 Å². The molecule has 0 bridgehead atoms. The fourth-order valence-electron chi connectivity index (χ4n) is 2.98. The van der Waals surface area contributed by atoms with E-state index in [1.54, 1.807) is 6.07 Å². The van der Waals surface area contributed by atoms with Gasteiger partial charge in [-0.2, -0.15) is 0 Å². The molecule has 0 aliphatic carbocycles. The average molecular weight is 346 g/mol. The fourth-order valence-corrected chi connectivity index (χ4v) is 2.98. The van der Waals surface area contributed by atoms with Crippen molar-refractivity contribution in [2.75, 3.05) is 25.1 Å². The Balaban J connectivity index is 1.77. The van der Waals surface area contributed by atoms with Gasteiger partial charge in [-0.3, -0.25) is 0 Å². The van der Waals surface area contributed by atoms with Crippen molar-refractivity contribution < 1.29 is 18.7 Å². The Morgan fingerprint density at radius 2 is 2.04 bits per heavy atom. The number of nitrogens with one attached hydrogen (secondary N) is 2. The maximum Gasteiger partial charge on any atom is 0.336 e. The van der Waals surface area contributed by atoms with E-state index in [1.165, 1.54) is 6.07 Å². The molecule has 1 aliphatic heterocycles. The van der Waals surface area contributed by atoms with Crippen molar-refractivity contribution in [1.29, 1.82) is 0 Å². The molecule has 2 amide bonds. The number of benzene rings is 1. The van der Waals surface area contributed by atoms with E-state index < -0.39 is 0 Å². The van der Waals surface area contributed by atoms with Crippen LogP contribution in [0.15, 0.2) is 27.4 Å². The van der Waals surface area contributed by atoms with Crippen LogP contribution >= 0.6 is 0 Å². The molecular weight excluding hydrogens is 324 g/mol. The summed E-state index contributed by atoms with van der Waals surface area (Å²) in [5.41, 5.74) is 2.39. The van der Waals surface area contributed by atoms with Gasteiger partial charge in [-0.05, 0) is 44.0 Å². The molecule has 2 N–H and O–H groups in total. The van der Waals surface area contributed by atoms with Crippen LogP contribution in [0.2, 0.25) is 0 Å². The van der Waals surface area contributed by atoms with Crippen molar-refractivity contribution >= 4 is 22.7 Å². The Morgan fingerprint density at radius 1 is 1.24 bits per heavy atom. The van der Waals surface area contributed by atoms with Gasteiger partial charge in [0.15, 0.2) is 0 Å². The van der Waals surface area contributed by atoms with Crippen LogP contribution in [0.5, 0.6) is 0 Å². The number of urea groups is 1. The number of hydrogen-bond acceptors (Lipinski definition) is 5. The molecule has 1 aromatic carbocycles. The van der Waals surface area contributed by atoms with E-state index in [1.807, 2.05) is 26.8 Å². The number of hydrogen-bond donors (Lipinski definition) is 2. The van der Waals surface area contributed by atoms with E-state index in [2.05, 4.69) is 10.6 Å². The van der Waals surface area contributed by atoms with Gasteiger partial charge in [-0.1, -0.05) is 0 Å². The summed E-state index contributed by atoms with van der Waals surface area (Å²) in [6.45, 7) is 7.07. The molecule has 7 heteroatoms. The lowest BCUT2D eigenvalue weighted by Gasteiger charge is -2.19. The third kappa shape index (κ3) is 3.83. The minimum absolute atomic E-state index is 0.134. The summed E-state index contributed by atoms with van der Waals surface area (Å²) in [7, 11) is 0. The minimum Gasteiger partial charge on any atom is -0.423 e. The maximum absolute atomic E-state index is 12.3. The summed E-state index contributed by atoms with van der Waals surface area (Å²) in [6.07, 6.45) is -0.134. The lowest BCUT2D eigenvalue weighted by atomic mass is 10.1. The number of aryl methyl sites for hydroxylation is 2. The van der Waals surface area contributed by atoms with Gasteiger partial charge < -0.3 is 24.5 Å². The molecule has 134 valence electrons. The highest BCUT2D eigenvalue weighted by Gasteiger charge is 2.30. The summed E-state index contributed by atoms with van der Waals surface area (Å²) in [5, 5.41) is 6.53. The van der Waals surface area contributed by atoms with Crippen molar-refractivity contribution in [3.05, 3.63) is 39.7 Å². The SMILES string of the molecule is CCO[C@@H]1COC[C@H]1NC(=O)Nc1cc2c(C)cc(=O)oc2cc1C. The number of amides is 2. The second kappa shape index (κ2) is 7.25. The van der Waals surface area contributed by atoms with Gasteiger partial charge in [-0.25, -0.2) is 9.59 Å². The van der Waals surface area contributed by atoms with E-state index in [0.29, 0.717) is 31.1 Å². The highest BCUT2D eigenvalue weighted by Crippen LogP contribution is 2.25. The zero-order valence-electron chi connectivity index (χ0n) is 14.5. The van der Waals surface area contributed by atoms with E-state index in [9.17, 15) is 9.59 Å². The topological polar surface area (TPSA) is 89.8 Å². The first-order chi connectivity index (χ1) is 12.0. The van der Waals surface area contributed by atoms with Crippen molar-refractivity contribution in [2.45, 2.75) is 32.9 Å². The van der Waals surface area contributed by atoms with E-state index in [4.69, 9.17) is 13.9 Å². The minimum atomic E-state index is -0.383. The summed E-state index contributed by atoms with van der Waals surface area (Å²) in [6, 6.07) is 4.50. The highest BCUT2D eigenvalue weighted by atomic mass is 16.5. The zero-order valence-corrected chi connectivity index (χ0v) is 14.5. The zero-order chi connectivity index (χ0) is 18.0. The van der Waals surface area contributed by atoms with Gasteiger partial charge in [0.2, 0.25) is 0 Å². The molecule has 2 atom stereocenters. The molecule has 1 saturated heterocycles. The van der Waals surface area contributed by atoms with Crippen LogP contribution in [0.4, 0.5) is 10.5 Å². The van der Waals surface area contributed by atoms with Crippen molar-refractivity contribution in [3.8, 4) is 0 Å². The van der Waals surface area contributed by atoms with Gasteiger partial charge in [0.25, 0.3) is 0 Å². The highest BCUT2D eigenvalue weighted by molar-refractivity contribution is 5.94. The first-order valence-electron chi connectivity index (χ1n) is 8.30. The van der Waals surface area contributed by atoms with Crippen LogP contribution < -0.4 is 16.3 Å². The monoisotopic (exact) mass is 346 g/mol. The Labute approximate surface area is 145 Å². The van der Waals surface area contributed by atoms with Gasteiger partial charge >= 0.3 is 11.7 Å². The first kappa shape index (κ1) is 17.4.